The number of hydrogen-bond donors (Lipinski definition) is 1. The van der Waals surface area contributed by atoms with Gasteiger partial charge in [-0.15, -0.1) is 10.2 Å². The van der Waals surface area contributed by atoms with E-state index < -0.39 is 6.10 Å². The smallest absolute Gasteiger partial charge is 0.197 e. The molecule has 1 atom stereocenters. The molecular weight excluding hydrogens is 284 g/mol. The van der Waals surface area contributed by atoms with Crippen molar-refractivity contribution in [2.45, 2.75) is 60.9 Å². The third kappa shape index (κ3) is 2.58. The van der Waals surface area contributed by atoms with Gasteiger partial charge in [0.1, 0.15) is 10.9 Å². The molecule has 2 saturated carbocycles. The first kappa shape index (κ1) is 13.3. The SMILES string of the molecule is CC(O)c1cccnc1Sc1nnc(C2CC2)n1C1CC1. The summed E-state index contributed by atoms with van der Waals surface area (Å²) in [6, 6.07) is 4.34. The Balaban J connectivity index is 1.68. The molecule has 6 heteroatoms. The number of hydrogen-bond acceptors (Lipinski definition) is 5. The van der Waals surface area contributed by atoms with Crippen LogP contribution in [-0.4, -0.2) is 24.9 Å². The zero-order chi connectivity index (χ0) is 14.4. The maximum absolute atomic E-state index is 9.88. The van der Waals surface area contributed by atoms with Crippen molar-refractivity contribution in [3.63, 3.8) is 0 Å². The van der Waals surface area contributed by atoms with E-state index in [1.54, 1.807) is 13.1 Å². The van der Waals surface area contributed by atoms with Crippen LogP contribution >= 0.6 is 11.8 Å². The second kappa shape index (κ2) is 5.10. The molecule has 110 valence electrons. The fourth-order valence-electron chi connectivity index (χ4n) is 2.55. The summed E-state index contributed by atoms with van der Waals surface area (Å²) in [5.74, 6) is 1.75. The number of rotatable bonds is 5. The van der Waals surface area contributed by atoms with Gasteiger partial charge in [-0.1, -0.05) is 6.07 Å². The van der Waals surface area contributed by atoms with Gasteiger partial charge in [0.15, 0.2) is 5.16 Å². The van der Waals surface area contributed by atoms with Gasteiger partial charge in [-0.3, -0.25) is 0 Å². The van der Waals surface area contributed by atoms with Crippen LogP contribution in [0.15, 0.2) is 28.5 Å². The van der Waals surface area contributed by atoms with Crippen molar-refractivity contribution < 1.29 is 5.11 Å². The summed E-state index contributed by atoms with van der Waals surface area (Å²) in [5.41, 5.74) is 0.848. The van der Waals surface area contributed by atoms with Crippen molar-refractivity contribution in [1.29, 1.82) is 0 Å². The minimum Gasteiger partial charge on any atom is -0.389 e. The lowest BCUT2D eigenvalue weighted by Gasteiger charge is -2.11. The van der Waals surface area contributed by atoms with Crippen LogP contribution in [0.4, 0.5) is 0 Å². The molecule has 2 heterocycles. The Morgan fingerprint density at radius 3 is 2.76 bits per heavy atom. The molecule has 0 aromatic carbocycles. The Kier molecular flexibility index (Phi) is 3.23. The number of nitrogens with zero attached hydrogens (tertiary/aromatic N) is 4. The molecule has 2 aliphatic carbocycles. The van der Waals surface area contributed by atoms with E-state index in [9.17, 15) is 5.11 Å². The summed E-state index contributed by atoms with van der Waals surface area (Å²) in [4.78, 5) is 4.41. The zero-order valence-corrected chi connectivity index (χ0v) is 12.8. The Hall–Kier alpha value is -1.40. The van der Waals surface area contributed by atoms with Crippen molar-refractivity contribution in [2.75, 3.05) is 0 Å². The highest BCUT2D eigenvalue weighted by atomic mass is 32.2. The van der Waals surface area contributed by atoms with Crippen molar-refractivity contribution >= 4 is 11.8 Å². The average Bonchev–Trinajstić information content (AvgIpc) is 3.39. The summed E-state index contributed by atoms with van der Waals surface area (Å²) >= 11 is 1.52. The molecule has 1 unspecified atom stereocenters. The molecule has 2 aliphatic rings. The lowest BCUT2D eigenvalue weighted by Crippen LogP contribution is -2.03. The number of aliphatic hydroxyl groups is 1. The minimum absolute atomic E-state index is 0.526. The minimum atomic E-state index is -0.526. The largest absolute Gasteiger partial charge is 0.389 e. The molecule has 0 spiro atoms. The molecule has 5 nitrogen and oxygen atoms in total. The van der Waals surface area contributed by atoms with Crippen LogP contribution in [0.1, 0.15) is 62.1 Å². The van der Waals surface area contributed by atoms with Crippen LogP contribution < -0.4 is 0 Å². The van der Waals surface area contributed by atoms with Crippen LogP contribution in [0.25, 0.3) is 0 Å². The molecule has 0 amide bonds. The number of aromatic nitrogens is 4. The van der Waals surface area contributed by atoms with Gasteiger partial charge in [-0.05, 0) is 50.4 Å². The predicted molar refractivity (Wildman–Crippen MR) is 79.3 cm³/mol. The summed E-state index contributed by atoms with van der Waals surface area (Å²) in [6.07, 6.45) is 6.14. The maximum atomic E-state index is 9.88. The normalized spacial score (nSPS) is 19.7. The van der Waals surface area contributed by atoms with E-state index >= 15 is 0 Å². The first-order valence-electron chi connectivity index (χ1n) is 7.49. The van der Waals surface area contributed by atoms with Crippen LogP contribution in [0, 0.1) is 0 Å². The predicted octanol–water partition coefficient (Wildman–Crippen LogP) is 3.09. The molecular formula is C15H18N4OS. The molecule has 2 fully saturated rings. The van der Waals surface area contributed by atoms with Gasteiger partial charge in [-0.25, -0.2) is 4.98 Å². The summed E-state index contributed by atoms with van der Waals surface area (Å²) in [5, 5.41) is 20.4. The Bertz CT molecular complexity index is 661. The quantitative estimate of drug-likeness (QED) is 0.919. The Morgan fingerprint density at radius 1 is 1.29 bits per heavy atom. The van der Waals surface area contributed by atoms with Crippen LogP contribution in [0.5, 0.6) is 0 Å². The third-order valence-corrected chi connectivity index (χ3v) is 4.98. The van der Waals surface area contributed by atoms with Crippen LogP contribution in [0.2, 0.25) is 0 Å². The second-order valence-corrected chi connectivity index (χ2v) is 6.85. The first-order valence-corrected chi connectivity index (χ1v) is 8.31. The fraction of sp³-hybridized carbons (Fsp3) is 0.533. The monoisotopic (exact) mass is 302 g/mol. The summed E-state index contributed by atoms with van der Waals surface area (Å²) in [6.45, 7) is 1.77. The molecule has 2 aromatic rings. The Labute approximate surface area is 127 Å². The third-order valence-electron chi connectivity index (χ3n) is 3.98. The van der Waals surface area contributed by atoms with Gasteiger partial charge in [0.05, 0.1) is 6.10 Å². The molecule has 0 aliphatic heterocycles. The molecule has 21 heavy (non-hydrogen) atoms. The van der Waals surface area contributed by atoms with E-state index in [0.29, 0.717) is 12.0 Å². The fourth-order valence-corrected chi connectivity index (χ4v) is 3.61. The maximum Gasteiger partial charge on any atom is 0.197 e. The Morgan fingerprint density at radius 2 is 2.10 bits per heavy atom. The first-order chi connectivity index (χ1) is 10.2. The lowest BCUT2D eigenvalue weighted by molar-refractivity contribution is 0.195. The molecule has 0 bridgehead atoms. The van der Waals surface area contributed by atoms with Crippen molar-refractivity contribution in [3.05, 3.63) is 29.7 Å². The van der Waals surface area contributed by atoms with Gasteiger partial charge in [-0.2, -0.15) is 0 Å². The van der Waals surface area contributed by atoms with E-state index in [1.807, 2.05) is 12.1 Å². The topological polar surface area (TPSA) is 63.8 Å². The summed E-state index contributed by atoms with van der Waals surface area (Å²) < 4.78 is 2.31. The highest BCUT2D eigenvalue weighted by molar-refractivity contribution is 7.99. The van der Waals surface area contributed by atoms with Crippen LogP contribution in [0.3, 0.4) is 0 Å². The molecule has 0 saturated heterocycles. The van der Waals surface area contributed by atoms with E-state index in [0.717, 1.165) is 21.6 Å². The van der Waals surface area contributed by atoms with E-state index in [4.69, 9.17) is 0 Å². The molecule has 4 rings (SSSR count). The zero-order valence-electron chi connectivity index (χ0n) is 11.9. The van der Waals surface area contributed by atoms with Gasteiger partial charge in [0.25, 0.3) is 0 Å². The van der Waals surface area contributed by atoms with E-state index in [2.05, 4.69) is 19.7 Å². The van der Waals surface area contributed by atoms with E-state index in [-0.39, 0.29) is 0 Å². The van der Waals surface area contributed by atoms with Gasteiger partial charge in [0.2, 0.25) is 0 Å². The van der Waals surface area contributed by atoms with Crippen molar-refractivity contribution in [2.24, 2.45) is 0 Å². The summed E-state index contributed by atoms with van der Waals surface area (Å²) in [7, 11) is 0. The molecule has 1 N–H and O–H groups in total. The van der Waals surface area contributed by atoms with Gasteiger partial charge in [0, 0.05) is 23.7 Å². The highest BCUT2D eigenvalue weighted by Gasteiger charge is 2.36. The molecule has 0 radical (unpaired) electrons. The number of pyridine rings is 1. The van der Waals surface area contributed by atoms with Gasteiger partial charge >= 0.3 is 0 Å². The second-order valence-electron chi connectivity index (χ2n) is 5.89. The van der Waals surface area contributed by atoms with Crippen LogP contribution in [-0.2, 0) is 0 Å². The van der Waals surface area contributed by atoms with Crippen molar-refractivity contribution in [3.8, 4) is 0 Å². The standard InChI is InChI=1S/C15H18N4OS/c1-9(20)12-3-2-8-16-14(12)21-15-18-17-13(10-4-5-10)19(15)11-6-7-11/h2-3,8-11,20H,4-7H2,1H3. The lowest BCUT2D eigenvalue weighted by atomic mass is 10.2. The average molecular weight is 302 g/mol. The van der Waals surface area contributed by atoms with Crippen molar-refractivity contribution in [1.82, 2.24) is 19.7 Å². The highest BCUT2D eigenvalue weighted by Crippen LogP contribution is 2.46. The molecule has 2 aromatic heterocycles. The van der Waals surface area contributed by atoms with Gasteiger partial charge < -0.3 is 9.67 Å². The van der Waals surface area contributed by atoms with E-state index in [1.165, 1.54) is 37.4 Å². The number of aliphatic hydroxyl groups excluding tert-OH is 1.